The molecule has 1 aliphatic rings. The minimum Gasteiger partial charge on any atom is -0.475 e. The standard InChI is InChI=1S/C22H25N3O5/c1-14(2)19(25-21(27)16-6-4-5-7-17(16)22(25)28)20(26)24-13-15-8-9-18(23-12-15)30-11-10-29-3/h4-9,12,14,19H,10-11,13H2,1-3H3,(H,24,26). The molecule has 0 saturated carbocycles. The molecule has 158 valence electrons. The van der Waals surface area contributed by atoms with Crippen molar-refractivity contribution in [2.45, 2.75) is 26.4 Å². The molecular weight excluding hydrogens is 386 g/mol. The molecule has 1 aromatic heterocycles. The van der Waals surface area contributed by atoms with Gasteiger partial charge < -0.3 is 14.8 Å². The van der Waals surface area contributed by atoms with Crippen molar-refractivity contribution in [1.29, 1.82) is 0 Å². The number of pyridine rings is 1. The highest BCUT2D eigenvalue weighted by molar-refractivity contribution is 6.22. The van der Waals surface area contributed by atoms with Gasteiger partial charge in [-0.1, -0.05) is 32.0 Å². The van der Waals surface area contributed by atoms with Crippen LogP contribution in [0, 0.1) is 5.92 Å². The van der Waals surface area contributed by atoms with Crippen LogP contribution in [0.3, 0.4) is 0 Å². The maximum absolute atomic E-state index is 12.9. The Morgan fingerprint density at radius 2 is 1.73 bits per heavy atom. The number of aromatic nitrogens is 1. The number of nitrogens with one attached hydrogen (secondary N) is 1. The number of ether oxygens (including phenoxy) is 2. The Kier molecular flexibility index (Phi) is 6.79. The number of nitrogens with zero attached hydrogens (tertiary/aromatic N) is 2. The average molecular weight is 411 g/mol. The number of benzene rings is 1. The molecule has 0 saturated heterocycles. The number of methoxy groups -OCH3 is 1. The summed E-state index contributed by atoms with van der Waals surface area (Å²) < 4.78 is 10.3. The van der Waals surface area contributed by atoms with Gasteiger partial charge in [0.15, 0.2) is 0 Å². The Morgan fingerprint density at radius 3 is 2.27 bits per heavy atom. The van der Waals surface area contributed by atoms with Crippen LogP contribution in [0.5, 0.6) is 5.88 Å². The highest BCUT2D eigenvalue weighted by atomic mass is 16.5. The van der Waals surface area contributed by atoms with Crippen LogP contribution >= 0.6 is 0 Å². The Bertz CT molecular complexity index is 892. The van der Waals surface area contributed by atoms with Gasteiger partial charge in [-0.3, -0.25) is 19.3 Å². The molecule has 30 heavy (non-hydrogen) atoms. The van der Waals surface area contributed by atoms with Crippen LogP contribution in [-0.2, 0) is 16.1 Å². The zero-order chi connectivity index (χ0) is 21.7. The second-order valence-electron chi connectivity index (χ2n) is 7.28. The summed E-state index contributed by atoms with van der Waals surface area (Å²) in [5.74, 6) is -1.05. The molecule has 0 spiro atoms. The molecule has 1 N–H and O–H groups in total. The summed E-state index contributed by atoms with van der Waals surface area (Å²) in [6, 6.07) is 9.21. The second kappa shape index (κ2) is 9.49. The van der Waals surface area contributed by atoms with Gasteiger partial charge in [0.25, 0.3) is 11.8 Å². The SMILES string of the molecule is COCCOc1ccc(CNC(=O)C(C(C)C)N2C(=O)c3ccccc3C2=O)cn1. The summed E-state index contributed by atoms with van der Waals surface area (Å²) in [7, 11) is 1.59. The van der Waals surface area contributed by atoms with Crippen molar-refractivity contribution in [3.63, 3.8) is 0 Å². The maximum Gasteiger partial charge on any atom is 0.262 e. The number of imide groups is 1. The fraction of sp³-hybridized carbons (Fsp3) is 0.364. The van der Waals surface area contributed by atoms with Crippen molar-refractivity contribution in [1.82, 2.24) is 15.2 Å². The molecule has 1 unspecified atom stereocenters. The Hall–Kier alpha value is -3.26. The van der Waals surface area contributed by atoms with Crippen LogP contribution in [0.15, 0.2) is 42.6 Å². The largest absolute Gasteiger partial charge is 0.475 e. The number of carbonyl (C=O) groups excluding carboxylic acids is 3. The zero-order valence-corrected chi connectivity index (χ0v) is 17.3. The lowest BCUT2D eigenvalue weighted by Gasteiger charge is -2.28. The van der Waals surface area contributed by atoms with Gasteiger partial charge in [-0.25, -0.2) is 4.98 Å². The summed E-state index contributed by atoms with van der Waals surface area (Å²) in [5, 5.41) is 2.81. The van der Waals surface area contributed by atoms with Crippen molar-refractivity contribution in [2.75, 3.05) is 20.3 Å². The number of carbonyl (C=O) groups is 3. The van der Waals surface area contributed by atoms with Crippen LogP contribution in [0.1, 0.15) is 40.1 Å². The third-order valence-corrected chi connectivity index (χ3v) is 4.81. The van der Waals surface area contributed by atoms with Gasteiger partial charge in [0.2, 0.25) is 11.8 Å². The summed E-state index contributed by atoms with van der Waals surface area (Å²) in [6.45, 7) is 4.70. The van der Waals surface area contributed by atoms with E-state index in [1.807, 2.05) is 13.8 Å². The van der Waals surface area contributed by atoms with Gasteiger partial charge in [0, 0.05) is 25.9 Å². The van der Waals surface area contributed by atoms with Crippen molar-refractivity contribution in [3.8, 4) is 5.88 Å². The summed E-state index contributed by atoms with van der Waals surface area (Å²) >= 11 is 0. The first-order valence-electron chi connectivity index (χ1n) is 9.75. The number of amides is 3. The summed E-state index contributed by atoms with van der Waals surface area (Å²) in [6.07, 6.45) is 1.61. The van der Waals surface area contributed by atoms with E-state index >= 15 is 0 Å². The van der Waals surface area contributed by atoms with E-state index in [2.05, 4.69) is 10.3 Å². The van der Waals surface area contributed by atoms with Crippen molar-refractivity contribution >= 4 is 17.7 Å². The molecule has 1 aromatic carbocycles. The Labute approximate surface area is 175 Å². The van der Waals surface area contributed by atoms with Crippen molar-refractivity contribution in [3.05, 3.63) is 59.3 Å². The molecule has 8 nitrogen and oxygen atoms in total. The fourth-order valence-electron chi connectivity index (χ4n) is 3.30. The zero-order valence-electron chi connectivity index (χ0n) is 17.3. The summed E-state index contributed by atoms with van der Waals surface area (Å²) in [5.41, 5.74) is 1.43. The van der Waals surface area contributed by atoms with Crippen molar-refractivity contribution < 1.29 is 23.9 Å². The first-order valence-corrected chi connectivity index (χ1v) is 9.75. The molecule has 0 radical (unpaired) electrons. The molecule has 0 aliphatic carbocycles. The van der Waals surface area contributed by atoms with Crippen LogP contribution in [-0.4, -0.2) is 54.0 Å². The molecule has 3 rings (SSSR count). The van der Waals surface area contributed by atoms with Crippen LogP contribution in [0.25, 0.3) is 0 Å². The van der Waals surface area contributed by atoms with E-state index in [4.69, 9.17) is 9.47 Å². The Balaban J connectivity index is 1.66. The van der Waals surface area contributed by atoms with Crippen LogP contribution < -0.4 is 10.1 Å². The third-order valence-electron chi connectivity index (χ3n) is 4.81. The average Bonchev–Trinajstić information content (AvgIpc) is 2.99. The predicted molar refractivity (Wildman–Crippen MR) is 109 cm³/mol. The number of hydrogen-bond acceptors (Lipinski definition) is 6. The molecule has 1 aliphatic heterocycles. The maximum atomic E-state index is 12.9. The number of hydrogen-bond donors (Lipinski definition) is 1. The molecule has 0 bridgehead atoms. The minimum atomic E-state index is -0.901. The smallest absolute Gasteiger partial charge is 0.262 e. The first kappa shape index (κ1) is 21.4. The fourth-order valence-corrected chi connectivity index (χ4v) is 3.30. The highest BCUT2D eigenvalue weighted by Gasteiger charge is 2.43. The minimum absolute atomic E-state index is 0.219. The second-order valence-corrected chi connectivity index (χ2v) is 7.28. The van der Waals surface area contributed by atoms with E-state index < -0.39 is 17.9 Å². The lowest BCUT2D eigenvalue weighted by atomic mass is 10.0. The highest BCUT2D eigenvalue weighted by Crippen LogP contribution is 2.27. The molecule has 3 amide bonds. The van der Waals surface area contributed by atoms with E-state index in [-0.39, 0.29) is 18.4 Å². The van der Waals surface area contributed by atoms with E-state index in [0.717, 1.165) is 10.5 Å². The quantitative estimate of drug-likeness (QED) is 0.501. The van der Waals surface area contributed by atoms with Gasteiger partial charge in [0.05, 0.1) is 17.7 Å². The first-order chi connectivity index (χ1) is 14.4. The van der Waals surface area contributed by atoms with E-state index in [1.54, 1.807) is 49.7 Å². The number of fused-ring (bicyclic) bond motifs is 1. The molecule has 2 aromatic rings. The van der Waals surface area contributed by atoms with E-state index in [1.165, 1.54) is 0 Å². The molecule has 0 fully saturated rings. The Morgan fingerprint density at radius 1 is 1.07 bits per heavy atom. The monoisotopic (exact) mass is 411 g/mol. The van der Waals surface area contributed by atoms with Crippen LogP contribution in [0.4, 0.5) is 0 Å². The van der Waals surface area contributed by atoms with Gasteiger partial charge in [0.1, 0.15) is 12.6 Å². The van der Waals surface area contributed by atoms with Gasteiger partial charge in [-0.15, -0.1) is 0 Å². The summed E-state index contributed by atoms with van der Waals surface area (Å²) in [4.78, 5) is 43.7. The normalized spacial score (nSPS) is 14.1. The van der Waals surface area contributed by atoms with E-state index in [0.29, 0.717) is 30.2 Å². The number of rotatable bonds is 9. The van der Waals surface area contributed by atoms with Gasteiger partial charge >= 0.3 is 0 Å². The topological polar surface area (TPSA) is 97.8 Å². The molecule has 8 heteroatoms. The molecular formula is C22H25N3O5. The molecule has 2 heterocycles. The lowest BCUT2D eigenvalue weighted by Crippen LogP contribution is -2.52. The van der Waals surface area contributed by atoms with E-state index in [9.17, 15) is 14.4 Å². The van der Waals surface area contributed by atoms with Crippen LogP contribution in [0.2, 0.25) is 0 Å². The molecule has 1 atom stereocenters. The van der Waals surface area contributed by atoms with Crippen molar-refractivity contribution in [2.24, 2.45) is 5.92 Å². The predicted octanol–water partition coefficient (Wildman–Crippen LogP) is 2.04. The lowest BCUT2D eigenvalue weighted by molar-refractivity contribution is -0.126. The van der Waals surface area contributed by atoms with Gasteiger partial charge in [-0.2, -0.15) is 0 Å². The third kappa shape index (κ3) is 4.49. The van der Waals surface area contributed by atoms with Gasteiger partial charge in [-0.05, 0) is 23.6 Å².